The Bertz CT molecular complexity index is 933. The molecule has 2 aromatic carbocycles. The van der Waals surface area contributed by atoms with Gasteiger partial charge in [-0.25, -0.2) is 0 Å². The summed E-state index contributed by atoms with van der Waals surface area (Å²) < 4.78 is 7.69. The first-order chi connectivity index (χ1) is 11.1. The lowest BCUT2D eigenvalue weighted by Gasteiger charge is -2.15. The minimum absolute atomic E-state index is 0.0407. The molecule has 1 aliphatic rings. The highest BCUT2D eigenvalue weighted by atomic mass is 16.5. The molecule has 2 heterocycles. The summed E-state index contributed by atoms with van der Waals surface area (Å²) in [5.41, 5.74) is 6.64. The summed E-state index contributed by atoms with van der Waals surface area (Å²) in [6, 6.07) is 12.4. The second-order valence-corrected chi connectivity index (χ2v) is 6.25. The maximum atomic E-state index is 12.5. The van der Waals surface area contributed by atoms with Crippen LogP contribution in [0.2, 0.25) is 0 Å². The number of benzene rings is 2. The first-order valence-corrected chi connectivity index (χ1v) is 7.95. The van der Waals surface area contributed by atoms with E-state index >= 15 is 0 Å². The highest BCUT2D eigenvalue weighted by Gasteiger charge is 2.26. The molecular weight excluding hydrogens is 286 g/mol. The smallest absolute Gasteiger partial charge is 0.228 e. The molecule has 1 aliphatic heterocycles. The van der Waals surface area contributed by atoms with Crippen molar-refractivity contribution in [2.75, 3.05) is 6.61 Å². The molecule has 0 saturated heterocycles. The zero-order chi connectivity index (χ0) is 16.1. The van der Waals surface area contributed by atoms with Gasteiger partial charge in [-0.3, -0.25) is 9.36 Å². The Balaban J connectivity index is 2.17. The Kier molecular flexibility index (Phi) is 3.05. The van der Waals surface area contributed by atoms with Crippen LogP contribution in [0.1, 0.15) is 28.4 Å². The highest BCUT2D eigenvalue weighted by Crippen LogP contribution is 2.42. The Labute approximate surface area is 135 Å². The van der Waals surface area contributed by atoms with E-state index in [-0.39, 0.29) is 5.91 Å². The summed E-state index contributed by atoms with van der Waals surface area (Å²) in [5.74, 6) is 0.930. The molecule has 3 heteroatoms. The van der Waals surface area contributed by atoms with Crippen molar-refractivity contribution in [3.8, 4) is 17.0 Å². The summed E-state index contributed by atoms with van der Waals surface area (Å²) >= 11 is 0. The number of ether oxygens (including phenoxy) is 1. The van der Waals surface area contributed by atoms with Crippen molar-refractivity contribution >= 4 is 16.8 Å². The number of hydrogen-bond donors (Lipinski definition) is 0. The minimum atomic E-state index is 0.0407. The van der Waals surface area contributed by atoms with E-state index in [9.17, 15) is 4.79 Å². The zero-order valence-corrected chi connectivity index (χ0v) is 13.6. The van der Waals surface area contributed by atoms with Crippen LogP contribution in [-0.2, 0) is 6.42 Å². The van der Waals surface area contributed by atoms with E-state index in [1.807, 2.05) is 16.7 Å². The van der Waals surface area contributed by atoms with Gasteiger partial charge in [0, 0.05) is 18.7 Å². The number of hydrogen-bond acceptors (Lipinski definition) is 2. The largest absolute Gasteiger partial charge is 0.493 e. The van der Waals surface area contributed by atoms with Gasteiger partial charge in [-0.2, -0.15) is 0 Å². The first kappa shape index (κ1) is 14.1. The van der Waals surface area contributed by atoms with Gasteiger partial charge in [0.05, 0.1) is 17.8 Å². The molecule has 0 unspecified atom stereocenters. The van der Waals surface area contributed by atoms with Crippen LogP contribution < -0.4 is 4.74 Å². The topological polar surface area (TPSA) is 31.2 Å². The molecule has 0 radical (unpaired) electrons. The van der Waals surface area contributed by atoms with Gasteiger partial charge in [0.1, 0.15) is 5.75 Å². The van der Waals surface area contributed by atoms with Crippen molar-refractivity contribution in [2.24, 2.45) is 0 Å². The number of carbonyl (C=O) groups is 1. The third-order valence-corrected chi connectivity index (χ3v) is 4.63. The van der Waals surface area contributed by atoms with Crippen molar-refractivity contribution in [2.45, 2.75) is 27.2 Å². The monoisotopic (exact) mass is 305 g/mol. The molecule has 4 rings (SSSR count). The van der Waals surface area contributed by atoms with Gasteiger partial charge in [0.2, 0.25) is 5.91 Å². The van der Waals surface area contributed by atoms with Crippen LogP contribution in [0.3, 0.4) is 0 Å². The second kappa shape index (κ2) is 4.98. The fourth-order valence-electron chi connectivity index (χ4n) is 3.58. The summed E-state index contributed by atoms with van der Waals surface area (Å²) in [6.45, 7) is 6.41. The Morgan fingerprint density at radius 3 is 2.52 bits per heavy atom. The fourth-order valence-corrected chi connectivity index (χ4v) is 3.58. The van der Waals surface area contributed by atoms with E-state index in [1.54, 1.807) is 6.92 Å². The molecule has 1 aromatic heterocycles. The first-order valence-electron chi connectivity index (χ1n) is 7.95. The van der Waals surface area contributed by atoms with Crippen molar-refractivity contribution in [3.63, 3.8) is 0 Å². The molecule has 0 atom stereocenters. The molecule has 3 nitrogen and oxygen atoms in total. The lowest BCUT2D eigenvalue weighted by molar-refractivity contribution is 0.0943. The minimum Gasteiger partial charge on any atom is -0.493 e. The van der Waals surface area contributed by atoms with Gasteiger partial charge in [0.15, 0.2) is 0 Å². The summed E-state index contributed by atoms with van der Waals surface area (Å²) in [6.07, 6.45) is 0.830. The lowest BCUT2D eigenvalue weighted by Crippen LogP contribution is -2.09. The van der Waals surface area contributed by atoms with Crippen LogP contribution in [0, 0.1) is 13.8 Å². The number of aromatic nitrogens is 1. The van der Waals surface area contributed by atoms with Gasteiger partial charge in [-0.05, 0) is 36.6 Å². The molecule has 0 bridgehead atoms. The van der Waals surface area contributed by atoms with Gasteiger partial charge < -0.3 is 4.74 Å². The average Bonchev–Trinajstić information content (AvgIpc) is 2.89. The molecule has 0 amide bonds. The third-order valence-electron chi connectivity index (χ3n) is 4.63. The quantitative estimate of drug-likeness (QED) is 0.662. The molecule has 0 spiro atoms. The second-order valence-electron chi connectivity index (χ2n) is 6.25. The van der Waals surface area contributed by atoms with Crippen molar-refractivity contribution in [3.05, 3.63) is 53.1 Å². The molecule has 0 N–H and O–H groups in total. The van der Waals surface area contributed by atoms with Gasteiger partial charge in [0.25, 0.3) is 0 Å². The fraction of sp³-hybridized carbons (Fsp3) is 0.250. The van der Waals surface area contributed by atoms with Crippen molar-refractivity contribution in [1.29, 1.82) is 0 Å². The number of nitrogens with zero attached hydrogens (tertiary/aromatic N) is 1. The molecule has 3 aromatic rings. The van der Waals surface area contributed by atoms with Crippen molar-refractivity contribution < 1.29 is 9.53 Å². The van der Waals surface area contributed by atoms with Crippen LogP contribution in [0.4, 0.5) is 0 Å². The Morgan fingerprint density at radius 1 is 1.09 bits per heavy atom. The predicted octanol–water partition coefficient (Wildman–Crippen LogP) is 4.52. The standard InChI is InChI=1S/C20H19NO2/c1-12-4-7-15(8-5-12)20-16-10-11-23-17-9-6-13(2)19(18(16)17)21(20)14(3)22/h4-9H,10-11H2,1-3H3. The maximum Gasteiger partial charge on any atom is 0.228 e. The summed E-state index contributed by atoms with van der Waals surface area (Å²) in [4.78, 5) is 12.5. The molecule has 0 fully saturated rings. The zero-order valence-electron chi connectivity index (χ0n) is 13.6. The number of aryl methyl sites for hydroxylation is 2. The van der Waals surface area contributed by atoms with E-state index in [0.29, 0.717) is 6.61 Å². The van der Waals surface area contributed by atoms with Crippen LogP contribution in [0.5, 0.6) is 5.75 Å². The molecular formula is C20H19NO2. The molecule has 0 saturated carbocycles. The number of rotatable bonds is 1. The van der Waals surface area contributed by atoms with Crippen molar-refractivity contribution in [1.82, 2.24) is 4.57 Å². The predicted molar refractivity (Wildman–Crippen MR) is 92.3 cm³/mol. The average molecular weight is 305 g/mol. The Hall–Kier alpha value is -2.55. The van der Waals surface area contributed by atoms with E-state index in [1.165, 1.54) is 11.1 Å². The lowest BCUT2D eigenvalue weighted by atomic mass is 9.99. The van der Waals surface area contributed by atoms with E-state index < -0.39 is 0 Å². The normalized spacial score (nSPS) is 13.2. The van der Waals surface area contributed by atoms with E-state index in [2.05, 4.69) is 38.1 Å². The molecule has 0 aliphatic carbocycles. The Morgan fingerprint density at radius 2 is 1.83 bits per heavy atom. The molecule has 23 heavy (non-hydrogen) atoms. The third kappa shape index (κ3) is 2.00. The van der Waals surface area contributed by atoms with Gasteiger partial charge in [-0.1, -0.05) is 35.9 Å². The summed E-state index contributed by atoms with van der Waals surface area (Å²) in [7, 11) is 0. The van der Waals surface area contributed by atoms with Crippen LogP contribution in [-0.4, -0.2) is 17.1 Å². The van der Waals surface area contributed by atoms with E-state index in [4.69, 9.17) is 4.74 Å². The van der Waals surface area contributed by atoms with Crippen LogP contribution in [0.25, 0.3) is 22.2 Å². The maximum absolute atomic E-state index is 12.5. The van der Waals surface area contributed by atoms with E-state index in [0.717, 1.165) is 39.9 Å². The van der Waals surface area contributed by atoms with Crippen LogP contribution in [0.15, 0.2) is 36.4 Å². The number of carbonyl (C=O) groups excluding carboxylic acids is 1. The van der Waals surface area contributed by atoms with Gasteiger partial charge in [-0.15, -0.1) is 0 Å². The summed E-state index contributed by atoms with van der Waals surface area (Å²) in [5, 5.41) is 1.10. The highest BCUT2D eigenvalue weighted by molar-refractivity contribution is 6.05. The SMILES string of the molecule is CC(=O)n1c(-c2ccc(C)cc2)c2c3c(ccc(C)c31)OCC2. The molecule has 116 valence electrons. The van der Waals surface area contributed by atoms with Crippen LogP contribution >= 0.6 is 0 Å². The van der Waals surface area contributed by atoms with Gasteiger partial charge >= 0.3 is 0 Å².